The molecule has 1 aliphatic rings. The van der Waals surface area contributed by atoms with E-state index in [2.05, 4.69) is 20.8 Å². The highest BCUT2D eigenvalue weighted by Gasteiger charge is 2.36. The van der Waals surface area contributed by atoms with Crippen LogP contribution in [-0.2, 0) is 14.3 Å². The van der Waals surface area contributed by atoms with Crippen molar-refractivity contribution < 1.29 is 19.1 Å². The SMILES string of the molecule is CC(C)(C)OC(=O)N1CCC[C@@H]1C(=O)NCC(=O)Nc1n[nH]c2ccccc12. The van der Waals surface area contributed by atoms with Crippen molar-refractivity contribution in [3.05, 3.63) is 24.3 Å². The smallest absolute Gasteiger partial charge is 0.410 e. The van der Waals surface area contributed by atoms with Gasteiger partial charge in [-0.05, 0) is 45.7 Å². The standard InChI is InChI=1S/C19H25N5O4/c1-19(2,3)28-18(27)24-10-6-9-14(24)17(26)20-11-15(25)21-16-12-7-4-5-8-13(12)22-23-16/h4-5,7-8,14H,6,9-11H2,1-3H3,(H,20,26)(H2,21,22,23,25)/t14-/m1/s1. The third kappa shape index (κ3) is 4.59. The first-order valence-electron chi connectivity index (χ1n) is 9.25. The predicted octanol–water partition coefficient (Wildman–Crippen LogP) is 2.02. The zero-order chi connectivity index (χ0) is 20.3. The van der Waals surface area contributed by atoms with Crippen molar-refractivity contribution in [3.63, 3.8) is 0 Å². The number of anilines is 1. The fourth-order valence-electron chi connectivity index (χ4n) is 3.10. The summed E-state index contributed by atoms with van der Waals surface area (Å²) in [6.07, 6.45) is 0.733. The number of benzene rings is 1. The number of hydrogen-bond donors (Lipinski definition) is 3. The Morgan fingerprint density at radius 3 is 2.79 bits per heavy atom. The Hall–Kier alpha value is -3.10. The summed E-state index contributed by atoms with van der Waals surface area (Å²) in [5.41, 5.74) is 0.174. The van der Waals surface area contributed by atoms with Crippen LogP contribution in [0.15, 0.2) is 24.3 Å². The van der Waals surface area contributed by atoms with Gasteiger partial charge >= 0.3 is 6.09 Å². The molecule has 0 aliphatic carbocycles. The van der Waals surface area contributed by atoms with Crippen molar-refractivity contribution in [1.82, 2.24) is 20.4 Å². The zero-order valence-electron chi connectivity index (χ0n) is 16.2. The topological polar surface area (TPSA) is 116 Å². The number of H-pyrrole nitrogens is 1. The number of fused-ring (bicyclic) bond motifs is 1. The molecule has 3 amide bonds. The Bertz CT molecular complexity index is 886. The Morgan fingerprint density at radius 2 is 2.04 bits per heavy atom. The predicted molar refractivity (Wildman–Crippen MR) is 104 cm³/mol. The van der Waals surface area contributed by atoms with Crippen LogP contribution in [0.25, 0.3) is 10.9 Å². The third-order valence-electron chi connectivity index (χ3n) is 4.33. The first kappa shape index (κ1) is 19.7. The highest BCUT2D eigenvalue weighted by atomic mass is 16.6. The van der Waals surface area contributed by atoms with Gasteiger partial charge in [-0.25, -0.2) is 4.79 Å². The monoisotopic (exact) mass is 387 g/mol. The summed E-state index contributed by atoms with van der Waals surface area (Å²) in [6.45, 7) is 5.58. The molecule has 1 aromatic heterocycles. The molecule has 3 rings (SSSR count). The quantitative estimate of drug-likeness (QED) is 0.742. The Balaban J connectivity index is 1.54. The number of para-hydroxylation sites is 1. The highest BCUT2D eigenvalue weighted by Crippen LogP contribution is 2.21. The molecule has 9 heteroatoms. The Kier molecular flexibility index (Phi) is 5.53. The molecule has 1 aromatic carbocycles. The minimum atomic E-state index is -0.632. The van der Waals surface area contributed by atoms with E-state index in [4.69, 9.17) is 4.74 Å². The number of aromatic amines is 1. The molecule has 0 radical (unpaired) electrons. The number of nitrogens with one attached hydrogen (secondary N) is 3. The van der Waals surface area contributed by atoms with Gasteiger partial charge in [0.05, 0.1) is 12.1 Å². The lowest BCUT2D eigenvalue weighted by Gasteiger charge is -2.27. The first-order chi connectivity index (χ1) is 13.2. The van der Waals surface area contributed by atoms with Gasteiger partial charge in [-0.1, -0.05) is 12.1 Å². The molecule has 1 fully saturated rings. The summed E-state index contributed by atoms with van der Waals surface area (Å²) >= 11 is 0. The molecule has 0 unspecified atom stereocenters. The van der Waals surface area contributed by atoms with Gasteiger partial charge in [0.25, 0.3) is 0 Å². The lowest BCUT2D eigenvalue weighted by Crippen LogP contribution is -2.48. The molecule has 0 bridgehead atoms. The van der Waals surface area contributed by atoms with Crippen LogP contribution in [-0.4, -0.2) is 57.7 Å². The van der Waals surface area contributed by atoms with E-state index < -0.39 is 23.6 Å². The number of hydrogen-bond acceptors (Lipinski definition) is 5. The van der Waals surface area contributed by atoms with Crippen LogP contribution in [0, 0.1) is 0 Å². The molecule has 2 heterocycles. The second-order valence-electron chi connectivity index (χ2n) is 7.72. The van der Waals surface area contributed by atoms with Gasteiger partial charge in [-0.3, -0.25) is 19.6 Å². The van der Waals surface area contributed by atoms with Gasteiger partial charge in [0, 0.05) is 11.9 Å². The zero-order valence-corrected chi connectivity index (χ0v) is 16.2. The molecule has 1 atom stereocenters. The Morgan fingerprint density at radius 1 is 1.29 bits per heavy atom. The van der Waals surface area contributed by atoms with E-state index in [0.29, 0.717) is 25.2 Å². The van der Waals surface area contributed by atoms with Crippen LogP contribution in [0.5, 0.6) is 0 Å². The van der Waals surface area contributed by atoms with Crippen LogP contribution in [0.4, 0.5) is 10.6 Å². The minimum absolute atomic E-state index is 0.210. The summed E-state index contributed by atoms with van der Waals surface area (Å²) in [5.74, 6) is -0.357. The number of aromatic nitrogens is 2. The maximum Gasteiger partial charge on any atom is 0.410 e. The number of rotatable bonds is 4. The number of carbonyl (C=O) groups is 3. The summed E-state index contributed by atoms with van der Waals surface area (Å²) in [5, 5.41) is 13.0. The molecule has 0 spiro atoms. The molecule has 2 aromatic rings. The van der Waals surface area contributed by atoms with Crippen molar-refractivity contribution in [3.8, 4) is 0 Å². The lowest BCUT2D eigenvalue weighted by molar-refractivity contribution is -0.127. The van der Waals surface area contributed by atoms with Gasteiger partial charge in [0.1, 0.15) is 11.6 Å². The molecule has 9 nitrogen and oxygen atoms in total. The molecule has 1 saturated heterocycles. The van der Waals surface area contributed by atoms with E-state index in [9.17, 15) is 14.4 Å². The Labute approximate surface area is 162 Å². The second kappa shape index (κ2) is 7.87. The van der Waals surface area contributed by atoms with Gasteiger partial charge in [-0.15, -0.1) is 0 Å². The third-order valence-corrected chi connectivity index (χ3v) is 4.33. The number of carbonyl (C=O) groups excluding carboxylic acids is 3. The van der Waals surface area contributed by atoms with Crippen LogP contribution >= 0.6 is 0 Å². The number of likely N-dealkylation sites (tertiary alicyclic amines) is 1. The summed E-state index contributed by atoms with van der Waals surface area (Å²) in [6, 6.07) is 6.77. The average Bonchev–Trinajstić information content (AvgIpc) is 3.26. The van der Waals surface area contributed by atoms with Gasteiger partial charge in [0.15, 0.2) is 5.82 Å². The van der Waals surface area contributed by atoms with Crippen molar-refractivity contribution in [2.75, 3.05) is 18.4 Å². The van der Waals surface area contributed by atoms with Gasteiger partial charge < -0.3 is 15.4 Å². The van der Waals surface area contributed by atoms with E-state index >= 15 is 0 Å². The summed E-state index contributed by atoms with van der Waals surface area (Å²) in [4.78, 5) is 38.4. The largest absolute Gasteiger partial charge is 0.444 e. The van der Waals surface area contributed by atoms with Crippen molar-refractivity contribution >= 4 is 34.6 Å². The summed E-state index contributed by atoms with van der Waals surface area (Å²) in [7, 11) is 0. The van der Waals surface area contributed by atoms with Gasteiger partial charge in [-0.2, -0.15) is 5.10 Å². The fourth-order valence-corrected chi connectivity index (χ4v) is 3.10. The van der Waals surface area contributed by atoms with Gasteiger partial charge in [0.2, 0.25) is 11.8 Å². The first-order valence-corrected chi connectivity index (χ1v) is 9.25. The van der Waals surface area contributed by atoms with Crippen LogP contribution < -0.4 is 10.6 Å². The maximum atomic E-state index is 12.5. The van der Waals surface area contributed by atoms with Crippen LogP contribution in [0.2, 0.25) is 0 Å². The van der Waals surface area contributed by atoms with Crippen molar-refractivity contribution in [2.45, 2.75) is 45.3 Å². The highest BCUT2D eigenvalue weighted by molar-refractivity contribution is 6.01. The van der Waals surface area contributed by atoms with Crippen molar-refractivity contribution in [1.29, 1.82) is 0 Å². The second-order valence-corrected chi connectivity index (χ2v) is 7.72. The molecular formula is C19H25N5O4. The number of amides is 3. The molecule has 0 saturated carbocycles. The summed E-state index contributed by atoms with van der Waals surface area (Å²) < 4.78 is 5.35. The molecule has 150 valence electrons. The average molecular weight is 387 g/mol. The lowest BCUT2D eigenvalue weighted by atomic mass is 10.2. The van der Waals surface area contributed by atoms with E-state index in [1.165, 1.54) is 4.90 Å². The van der Waals surface area contributed by atoms with E-state index in [1.54, 1.807) is 20.8 Å². The normalized spacial score (nSPS) is 16.8. The van der Waals surface area contributed by atoms with Crippen LogP contribution in [0.3, 0.4) is 0 Å². The van der Waals surface area contributed by atoms with Crippen molar-refractivity contribution in [2.24, 2.45) is 0 Å². The van der Waals surface area contributed by atoms with Crippen LogP contribution in [0.1, 0.15) is 33.6 Å². The fraction of sp³-hybridized carbons (Fsp3) is 0.474. The number of ether oxygens (including phenoxy) is 1. The maximum absolute atomic E-state index is 12.5. The van der Waals surface area contributed by atoms with E-state index in [-0.39, 0.29) is 12.5 Å². The van der Waals surface area contributed by atoms with E-state index in [0.717, 1.165) is 10.9 Å². The minimum Gasteiger partial charge on any atom is -0.444 e. The molecule has 28 heavy (non-hydrogen) atoms. The molecule has 3 N–H and O–H groups in total. The molecular weight excluding hydrogens is 362 g/mol. The van der Waals surface area contributed by atoms with E-state index in [1.807, 2.05) is 24.3 Å². The number of nitrogens with zero attached hydrogens (tertiary/aromatic N) is 2. The molecule has 1 aliphatic heterocycles.